The first-order valence-corrected chi connectivity index (χ1v) is 10.0. The molecule has 0 bridgehead atoms. The first kappa shape index (κ1) is 20.4. The van der Waals surface area contributed by atoms with Crippen molar-refractivity contribution in [1.29, 1.82) is 0 Å². The van der Waals surface area contributed by atoms with Crippen LogP contribution < -0.4 is 0 Å². The lowest BCUT2D eigenvalue weighted by molar-refractivity contribution is -0.132. The molecule has 0 amide bonds. The van der Waals surface area contributed by atoms with Crippen LogP contribution in [0.3, 0.4) is 0 Å². The Morgan fingerprint density at radius 3 is 2.14 bits per heavy atom. The highest BCUT2D eigenvalue weighted by atomic mass is 16.4. The number of oxime groups is 1. The Morgan fingerprint density at radius 2 is 1.64 bits per heavy atom. The molecule has 2 aliphatic carbocycles. The summed E-state index contributed by atoms with van der Waals surface area (Å²) in [6.45, 7) is 13.2. The highest BCUT2D eigenvalue weighted by Crippen LogP contribution is 2.47. The molecule has 2 aliphatic rings. The van der Waals surface area contributed by atoms with Gasteiger partial charge in [-0.1, -0.05) is 58.0 Å². The molecule has 1 atom stereocenters. The van der Waals surface area contributed by atoms with Crippen molar-refractivity contribution in [2.45, 2.75) is 71.6 Å². The van der Waals surface area contributed by atoms with E-state index in [1.165, 1.54) is 11.1 Å². The lowest BCUT2D eigenvalue weighted by atomic mass is 9.62. The maximum Gasteiger partial charge on any atom is 0.331 e. The number of hydrogen-bond donors (Lipinski definition) is 2. The molecule has 0 saturated carbocycles. The van der Waals surface area contributed by atoms with E-state index >= 15 is 0 Å². The van der Waals surface area contributed by atoms with Gasteiger partial charge in [0.1, 0.15) is 5.71 Å². The Hall–Kier alpha value is -2.36. The number of nitrogens with zero attached hydrogens (tertiary/aromatic N) is 1. The van der Waals surface area contributed by atoms with Crippen LogP contribution in [0.5, 0.6) is 0 Å². The van der Waals surface area contributed by atoms with E-state index in [0.29, 0.717) is 17.7 Å². The van der Waals surface area contributed by atoms with Gasteiger partial charge in [-0.05, 0) is 71.3 Å². The summed E-state index contributed by atoms with van der Waals surface area (Å²) in [5.74, 6) is -0.916. The predicted molar refractivity (Wildman–Crippen MR) is 112 cm³/mol. The maximum atomic E-state index is 11.3. The zero-order valence-electron chi connectivity index (χ0n) is 17.8. The van der Waals surface area contributed by atoms with Crippen molar-refractivity contribution < 1.29 is 15.1 Å². The Morgan fingerprint density at radius 1 is 1.07 bits per heavy atom. The molecule has 150 valence electrons. The van der Waals surface area contributed by atoms with Gasteiger partial charge in [-0.25, -0.2) is 4.79 Å². The molecular formula is C24H31NO3. The Bertz CT molecular complexity index is 916. The molecule has 0 aromatic heterocycles. The summed E-state index contributed by atoms with van der Waals surface area (Å²) in [4.78, 5) is 11.3. The number of hydrogen-bond acceptors (Lipinski definition) is 3. The summed E-state index contributed by atoms with van der Waals surface area (Å²) in [7, 11) is 0. The van der Waals surface area contributed by atoms with Gasteiger partial charge < -0.3 is 10.3 Å². The van der Waals surface area contributed by atoms with E-state index < -0.39 is 5.97 Å². The number of aliphatic carboxylic acids is 1. The van der Waals surface area contributed by atoms with Gasteiger partial charge in [0.2, 0.25) is 0 Å². The van der Waals surface area contributed by atoms with Crippen LogP contribution in [-0.2, 0) is 15.6 Å². The highest BCUT2D eigenvalue weighted by molar-refractivity contribution is 6.14. The monoisotopic (exact) mass is 381 g/mol. The molecule has 0 heterocycles. The van der Waals surface area contributed by atoms with E-state index in [0.717, 1.165) is 29.5 Å². The number of carboxylic acids is 1. The van der Waals surface area contributed by atoms with Crippen LogP contribution in [0.4, 0.5) is 0 Å². The van der Waals surface area contributed by atoms with E-state index in [9.17, 15) is 15.1 Å². The van der Waals surface area contributed by atoms with Gasteiger partial charge in [-0.15, -0.1) is 0 Å². The molecule has 0 aliphatic heterocycles. The van der Waals surface area contributed by atoms with Crippen molar-refractivity contribution in [2.24, 2.45) is 11.1 Å². The van der Waals surface area contributed by atoms with E-state index in [-0.39, 0.29) is 16.7 Å². The number of carboxylic acid groups (broad SMARTS) is 1. The Labute approximate surface area is 167 Å². The minimum absolute atomic E-state index is 0.0260. The lowest BCUT2D eigenvalue weighted by Crippen LogP contribution is -2.34. The van der Waals surface area contributed by atoms with Gasteiger partial charge in [0, 0.05) is 11.1 Å². The van der Waals surface area contributed by atoms with Crippen LogP contribution >= 0.6 is 0 Å². The zero-order chi connectivity index (χ0) is 20.9. The van der Waals surface area contributed by atoms with Crippen LogP contribution in [0.1, 0.15) is 76.1 Å². The Kier molecular flexibility index (Phi) is 5.03. The van der Waals surface area contributed by atoms with E-state index in [1.54, 1.807) is 12.2 Å². The van der Waals surface area contributed by atoms with Crippen LogP contribution in [0.15, 0.2) is 40.6 Å². The van der Waals surface area contributed by atoms with E-state index in [2.05, 4.69) is 51.9 Å². The molecule has 4 heteroatoms. The number of rotatable bonds is 3. The first-order chi connectivity index (χ1) is 13.0. The number of aryl methyl sites for hydroxylation is 1. The summed E-state index contributed by atoms with van der Waals surface area (Å²) < 4.78 is 0. The summed E-state index contributed by atoms with van der Waals surface area (Å²) in [6.07, 6.45) is 6.12. The second-order valence-corrected chi connectivity index (χ2v) is 9.65. The average molecular weight is 382 g/mol. The molecule has 1 aromatic carbocycles. The predicted octanol–water partition coefficient (Wildman–Crippen LogP) is 5.50. The molecule has 0 fully saturated rings. The van der Waals surface area contributed by atoms with Gasteiger partial charge in [-0.3, -0.25) is 0 Å². The molecule has 1 aromatic rings. The highest BCUT2D eigenvalue weighted by Gasteiger charge is 2.38. The lowest BCUT2D eigenvalue weighted by Gasteiger charge is -2.42. The third kappa shape index (κ3) is 3.41. The smallest absolute Gasteiger partial charge is 0.331 e. The van der Waals surface area contributed by atoms with Gasteiger partial charge in [0.25, 0.3) is 0 Å². The molecule has 28 heavy (non-hydrogen) atoms. The van der Waals surface area contributed by atoms with E-state index in [1.807, 2.05) is 6.92 Å². The molecule has 2 N–H and O–H groups in total. The molecule has 0 radical (unpaired) electrons. The summed E-state index contributed by atoms with van der Waals surface area (Å²) >= 11 is 0. The van der Waals surface area contributed by atoms with Crippen LogP contribution in [0.2, 0.25) is 0 Å². The van der Waals surface area contributed by atoms with Crippen LogP contribution in [0.25, 0.3) is 0 Å². The second-order valence-electron chi connectivity index (χ2n) is 9.65. The number of allylic oxidation sites excluding steroid dienone is 3. The zero-order valence-corrected chi connectivity index (χ0v) is 17.8. The quantitative estimate of drug-likeness (QED) is 0.413. The standard InChI is InChI=1S/C24H31NO3/c1-14-11-16(22(26)27)7-8-17(14)21(25-28)18-13-20-19(12-15(18)2)23(3,4)9-10-24(20,5)6/h7-8,12-14,28H,9-11H2,1-6H3,(H,26,27)/b25-21-. The number of benzene rings is 1. The third-order valence-corrected chi connectivity index (χ3v) is 6.62. The van der Waals surface area contributed by atoms with Crippen molar-refractivity contribution in [1.82, 2.24) is 0 Å². The van der Waals surface area contributed by atoms with Crippen molar-refractivity contribution in [3.8, 4) is 0 Å². The fraction of sp³-hybridized carbons (Fsp3) is 0.500. The van der Waals surface area contributed by atoms with E-state index in [4.69, 9.17) is 0 Å². The van der Waals surface area contributed by atoms with Crippen molar-refractivity contribution in [3.05, 3.63) is 57.7 Å². The second kappa shape index (κ2) is 6.91. The normalized spacial score (nSPS) is 23.5. The largest absolute Gasteiger partial charge is 0.478 e. The summed E-state index contributed by atoms with van der Waals surface area (Å²) in [5.41, 5.74) is 6.71. The molecular weight excluding hydrogens is 350 g/mol. The van der Waals surface area contributed by atoms with Crippen molar-refractivity contribution >= 4 is 11.7 Å². The van der Waals surface area contributed by atoms with Gasteiger partial charge in [-0.2, -0.15) is 0 Å². The number of carbonyl (C=O) groups is 1. The van der Waals surface area contributed by atoms with Crippen LogP contribution in [-0.4, -0.2) is 22.0 Å². The third-order valence-electron chi connectivity index (χ3n) is 6.62. The van der Waals surface area contributed by atoms with Gasteiger partial charge in [0.05, 0.1) is 0 Å². The van der Waals surface area contributed by atoms with Gasteiger partial charge in [0.15, 0.2) is 0 Å². The topological polar surface area (TPSA) is 69.9 Å². The summed E-state index contributed by atoms with van der Waals surface area (Å²) in [6, 6.07) is 4.45. The van der Waals surface area contributed by atoms with Crippen molar-refractivity contribution in [2.75, 3.05) is 0 Å². The molecule has 0 saturated heterocycles. The van der Waals surface area contributed by atoms with Crippen LogP contribution in [0, 0.1) is 12.8 Å². The maximum absolute atomic E-state index is 11.3. The molecule has 1 unspecified atom stereocenters. The fourth-order valence-corrected chi connectivity index (χ4v) is 4.58. The Balaban J connectivity index is 2.15. The molecule has 4 nitrogen and oxygen atoms in total. The SMILES string of the molecule is Cc1cc2c(cc1/C(=N\O)C1=CC=C(C(=O)O)CC1C)C(C)(C)CCC2(C)C. The first-order valence-electron chi connectivity index (χ1n) is 10.0. The minimum atomic E-state index is -0.890. The van der Waals surface area contributed by atoms with Crippen molar-refractivity contribution in [3.63, 3.8) is 0 Å². The fourth-order valence-electron chi connectivity index (χ4n) is 4.58. The number of fused-ring (bicyclic) bond motifs is 1. The minimum Gasteiger partial charge on any atom is -0.478 e. The average Bonchev–Trinajstić information content (AvgIpc) is 2.61. The molecule has 0 spiro atoms. The summed E-state index contributed by atoms with van der Waals surface area (Å²) in [5, 5.41) is 22.8. The molecule has 3 rings (SSSR count). The van der Waals surface area contributed by atoms with Gasteiger partial charge >= 0.3 is 5.97 Å².